The standard InChI is InChI=1S/C12H10BrFN2O3/c1-12(2)9(17)15-11(19)16(10(12)18)8-4-3-6(13)5-7(8)14/h3-5H,1-2H3,(H,15,17,19). The third-order valence-corrected chi connectivity index (χ3v) is 3.37. The fraction of sp³-hybridized carbons (Fsp3) is 0.250. The normalized spacial score (nSPS) is 18.5. The molecule has 100 valence electrons. The zero-order valence-electron chi connectivity index (χ0n) is 10.2. The van der Waals surface area contributed by atoms with Crippen molar-refractivity contribution in [2.75, 3.05) is 4.90 Å². The Kier molecular flexibility index (Phi) is 3.17. The van der Waals surface area contributed by atoms with Gasteiger partial charge in [-0.25, -0.2) is 14.1 Å². The lowest BCUT2D eigenvalue weighted by molar-refractivity contribution is -0.140. The first-order valence-electron chi connectivity index (χ1n) is 5.40. The summed E-state index contributed by atoms with van der Waals surface area (Å²) in [5, 5.41) is 2.04. The average molecular weight is 329 g/mol. The summed E-state index contributed by atoms with van der Waals surface area (Å²) >= 11 is 3.08. The second-order valence-electron chi connectivity index (χ2n) is 4.62. The van der Waals surface area contributed by atoms with Gasteiger partial charge in [0.25, 0.3) is 0 Å². The number of hydrogen-bond donors (Lipinski definition) is 1. The lowest BCUT2D eigenvalue weighted by Crippen LogP contribution is -2.62. The molecule has 5 nitrogen and oxygen atoms in total. The van der Waals surface area contributed by atoms with Gasteiger partial charge >= 0.3 is 6.03 Å². The Labute approximate surface area is 116 Å². The van der Waals surface area contributed by atoms with Crippen molar-refractivity contribution < 1.29 is 18.8 Å². The van der Waals surface area contributed by atoms with Crippen LogP contribution in [0.3, 0.4) is 0 Å². The Balaban J connectivity index is 2.52. The number of rotatable bonds is 1. The van der Waals surface area contributed by atoms with Gasteiger partial charge in [0.1, 0.15) is 11.2 Å². The highest BCUT2D eigenvalue weighted by atomic mass is 79.9. The number of carbonyl (C=O) groups is 3. The Bertz CT molecular complexity index is 601. The zero-order valence-corrected chi connectivity index (χ0v) is 11.7. The van der Waals surface area contributed by atoms with Crippen LogP contribution in [0.2, 0.25) is 0 Å². The number of benzene rings is 1. The first kappa shape index (κ1) is 13.7. The van der Waals surface area contributed by atoms with Gasteiger partial charge in [-0.3, -0.25) is 14.9 Å². The molecule has 1 aliphatic rings. The molecule has 7 heteroatoms. The smallest absolute Gasteiger partial charge is 0.276 e. The molecule has 4 amide bonds. The lowest BCUT2D eigenvalue weighted by atomic mass is 9.88. The number of imide groups is 2. The monoisotopic (exact) mass is 328 g/mol. The van der Waals surface area contributed by atoms with Gasteiger partial charge in [0, 0.05) is 4.47 Å². The van der Waals surface area contributed by atoms with Crippen molar-refractivity contribution in [1.82, 2.24) is 5.32 Å². The Morgan fingerprint density at radius 1 is 1.26 bits per heavy atom. The molecule has 1 aromatic carbocycles. The van der Waals surface area contributed by atoms with Crippen molar-refractivity contribution in [3.8, 4) is 0 Å². The molecule has 1 heterocycles. The van der Waals surface area contributed by atoms with Gasteiger partial charge < -0.3 is 0 Å². The van der Waals surface area contributed by atoms with Gasteiger partial charge in [0.2, 0.25) is 11.8 Å². The van der Waals surface area contributed by atoms with Crippen LogP contribution < -0.4 is 10.2 Å². The van der Waals surface area contributed by atoms with E-state index in [4.69, 9.17) is 0 Å². The molecule has 0 saturated carbocycles. The Morgan fingerprint density at radius 2 is 1.89 bits per heavy atom. The predicted octanol–water partition coefficient (Wildman–Crippen LogP) is 2.20. The van der Waals surface area contributed by atoms with Crippen molar-refractivity contribution in [2.24, 2.45) is 5.41 Å². The van der Waals surface area contributed by atoms with E-state index >= 15 is 0 Å². The highest BCUT2D eigenvalue weighted by Crippen LogP contribution is 2.30. The van der Waals surface area contributed by atoms with Crippen molar-refractivity contribution in [2.45, 2.75) is 13.8 Å². The maximum Gasteiger partial charge on any atom is 0.335 e. The fourth-order valence-corrected chi connectivity index (χ4v) is 1.99. The van der Waals surface area contributed by atoms with Crippen LogP contribution in [0.25, 0.3) is 0 Å². The van der Waals surface area contributed by atoms with Crippen LogP contribution in [-0.2, 0) is 9.59 Å². The van der Waals surface area contributed by atoms with Crippen LogP contribution >= 0.6 is 15.9 Å². The number of barbiturate groups is 1. The lowest BCUT2D eigenvalue weighted by Gasteiger charge is -2.34. The Morgan fingerprint density at radius 3 is 2.47 bits per heavy atom. The number of nitrogens with zero attached hydrogens (tertiary/aromatic N) is 1. The second kappa shape index (κ2) is 4.41. The molecule has 2 rings (SSSR count). The number of nitrogens with one attached hydrogen (secondary N) is 1. The SMILES string of the molecule is CC1(C)C(=O)NC(=O)N(c2ccc(Br)cc2F)C1=O. The summed E-state index contributed by atoms with van der Waals surface area (Å²) in [6.45, 7) is 2.75. The molecule has 1 aliphatic heterocycles. The minimum atomic E-state index is -1.42. The Hall–Kier alpha value is -1.76. The summed E-state index contributed by atoms with van der Waals surface area (Å²) in [7, 11) is 0. The van der Waals surface area contributed by atoms with Gasteiger partial charge in [0.15, 0.2) is 0 Å². The molecular weight excluding hydrogens is 319 g/mol. The van der Waals surface area contributed by atoms with E-state index in [9.17, 15) is 18.8 Å². The number of hydrogen-bond acceptors (Lipinski definition) is 3. The molecule has 0 bridgehead atoms. The van der Waals surface area contributed by atoms with Crippen LogP contribution in [0.4, 0.5) is 14.9 Å². The minimum Gasteiger partial charge on any atom is -0.276 e. The van der Waals surface area contributed by atoms with Crippen molar-refractivity contribution in [3.63, 3.8) is 0 Å². The van der Waals surface area contributed by atoms with E-state index in [0.717, 1.165) is 6.07 Å². The van der Waals surface area contributed by atoms with E-state index in [2.05, 4.69) is 15.9 Å². The van der Waals surface area contributed by atoms with Crippen LogP contribution in [0.1, 0.15) is 13.8 Å². The first-order valence-corrected chi connectivity index (χ1v) is 6.19. The summed E-state index contributed by atoms with van der Waals surface area (Å²) in [4.78, 5) is 36.1. The summed E-state index contributed by atoms with van der Waals surface area (Å²) < 4.78 is 14.3. The molecule has 1 saturated heterocycles. The van der Waals surface area contributed by atoms with E-state index in [-0.39, 0.29) is 5.69 Å². The average Bonchev–Trinajstić information content (AvgIpc) is 2.30. The van der Waals surface area contributed by atoms with Gasteiger partial charge in [-0.15, -0.1) is 0 Å². The maximum atomic E-state index is 13.8. The predicted molar refractivity (Wildman–Crippen MR) is 68.9 cm³/mol. The topological polar surface area (TPSA) is 66.5 Å². The third kappa shape index (κ3) is 2.14. The van der Waals surface area contributed by atoms with Crippen LogP contribution in [0.5, 0.6) is 0 Å². The molecule has 0 radical (unpaired) electrons. The summed E-state index contributed by atoms with van der Waals surface area (Å²) in [5.41, 5.74) is -1.61. The van der Waals surface area contributed by atoms with Crippen molar-refractivity contribution >= 4 is 39.5 Å². The van der Waals surface area contributed by atoms with E-state index in [0.29, 0.717) is 9.37 Å². The van der Waals surface area contributed by atoms with Gasteiger partial charge in [-0.2, -0.15) is 0 Å². The van der Waals surface area contributed by atoms with E-state index in [1.54, 1.807) is 0 Å². The second-order valence-corrected chi connectivity index (χ2v) is 5.54. The number of anilines is 1. The van der Waals surface area contributed by atoms with E-state index in [1.165, 1.54) is 26.0 Å². The molecular formula is C12H10BrFN2O3. The molecule has 1 fully saturated rings. The van der Waals surface area contributed by atoms with E-state index < -0.39 is 29.1 Å². The van der Waals surface area contributed by atoms with Gasteiger partial charge in [0.05, 0.1) is 5.69 Å². The molecule has 0 atom stereocenters. The van der Waals surface area contributed by atoms with Crippen molar-refractivity contribution in [3.05, 3.63) is 28.5 Å². The summed E-state index contributed by atoms with van der Waals surface area (Å²) in [6, 6.07) is 2.99. The zero-order chi connectivity index (χ0) is 14.4. The largest absolute Gasteiger partial charge is 0.335 e. The summed E-state index contributed by atoms with van der Waals surface area (Å²) in [5.74, 6) is -2.19. The molecule has 0 spiro atoms. The number of amides is 4. The fourth-order valence-electron chi connectivity index (χ4n) is 1.66. The molecule has 0 aromatic heterocycles. The highest BCUT2D eigenvalue weighted by molar-refractivity contribution is 9.10. The van der Waals surface area contributed by atoms with Gasteiger partial charge in [-0.05, 0) is 32.0 Å². The maximum absolute atomic E-state index is 13.8. The van der Waals surface area contributed by atoms with Crippen LogP contribution in [0.15, 0.2) is 22.7 Å². The van der Waals surface area contributed by atoms with Crippen LogP contribution in [0, 0.1) is 11.2 Å². The third-order valence-electron chi connectivity index (χ3n) is 2.88. The molecule has 19 heavy (non-hydrogen) atoms. The quantitative estimate of drug-likeness (QED) is 0.803. The number of halogens is 2. The molecule has 1 aromatic rings. The number of carbonyl (C=O) groups excluding carboxylic acids is 3. The highest BCUT2D eigenvalue weighted by Gasteiger charge is 2.48. The molecule has 0 unspecified atom stereocenters. The van der Waals surface area contributed by atoms with E-state index in [1.807, 2.05) is 5.32 Å². The van der Waals surface area contributed by atoms with Crippen molar-refractivity contribution in [1.29, 1.82) is 0 Å². The minimum absolute atomic E-state index is 0.189. The first-order chi connectivity index (χ1) is 8.75. The van der Waals surface area contributed by atoms with Crippen LogP contribution in [-0.4, -0.2) is 17.8 Å². The number of urea groups is 1. The molecule has 0 aliphatic carbocycles. The molecule has 1 N–H and O–H groups in total. The summed E-state index contributed by atoms with van der Waals surface area (Å²) in [6.07, 6.45) is 0. The van der Waals surface area contributed by atoms with Gasteiger partial charge in [-0.1, -0.05) is 15.9 Å².